The van der Waals surface area contributed by atoms with Gasteiger partial charge in [-0.3, -0.25) is 9.59 Å². The number of aliphatic carboxylic acids is 1. The number of halogens is 1. The van der Waals surface area contributed by atoms with Crippen molar-refractivity contribution >= 4 is 29.2 Å². The average molecular weight is 690 g/mol. The summed E-state index contributed by atoms with van der Waals surface area (Å²) in [7, 11) is 0. The van der Waals surface area contributed by atoms with Crippen LogP contribution in [-0.2, 0) is 46.4 Å². The van der Waals surface area contributed by atoms with Gasteiger partial charge in [0, 0.05) is 33.6 Å². The van der Waals surface area contributed by atoms with Crippen molar-refractivity contribution in [2.75, 3.05) is 12.3 Å². The maximum Gasteiger partial charge on any atom is 0.417 e. The van der Waals surface area contributed by atoms with Gasteiger partial charge in [-0.1, -0.05) is 55.0 Å². The van der Waals surface area contributed by atoms with E-state index in [9.17, 15) is 29.4 Å². The molecule has 0 aromatic heterocycles. The van der Waals surface area contributed by atoms with Gasteiger partial charge in [-0.05, 0) is 74.3 Å². The molecule has 2 aromatic carbocycles. The number of anilines is 1. The van der Waals surface area contributed by atoms with Crippen LogP contribution in [0.1, 0.15) is 68.1 Å². The summed E-state index contributed by atoms with van der Waals surface area (Å²) < 4.78 is 35.9. The molecule has 264 valence electrons. The molecule has 0 amide bonds. The number of ketones is 2. The van der Waals surface area contributed by atoms with Crippen LogP contribution < -0.4 is 5.73 Å². The molecule has 1 heterocycles. The maximum atomic E-state index is 17.8. The van der Waals surface area contributed by atoms with Gasteiger partial charge in [0.05, 0.1) is 18.8 Å². The predicted octanol–water partition coefficient (Wildman–Crippen LogP) is 3.68. The first-order valence-corrected chi connectivity index (χ1v) is 16.8. The van der Waals surface area contributed by atoms with Crippen molar-refractivity contribution in [1.82, 2.24) is 0 Å². The van der Waals surface area contributed by atoms with Crippen LogP contribution in [0.3, 0.4) is 0 Å². The van der Waals surface area contributed by atoms with Crippen LogP contribution in [0.5, 0.6) is 0 Å². The molecule has 1 aliphatic heterocycles. The Morgan fingerprint density at radius 1 is 1.10 bits per heavy atom. The lowest BCUT2D eigenvalue weighted by Crippen LogP contribution is -2.69. The zero-order chi connectivity index (χ0) is 35.8. The number of carboxylic acid groups (broad SMARTS) is 1. The molecule has 11 nitrogen and oxygen atoms in total. The Morgan fingerprint density at radius 2 is 1.86 bits per heavy atom. The van der Waals surface area contributed by atoms with Gasteiger partial charge in [-0.15, -0.1) is 0 Å². The number of alkyl halides is 1. The topological polar surface area (TPSA) is 183 Å². The summed E-state index contributed by atoms with van der Waals surface area (Å²) in [5.41, 5.74) is 3.76. The summed E-state index contributed by atoms with van der Waals surface area (Å²) in [5, 5.41) is 30.4. The molecule has 9 atom stereocenters. The van der Waals surface area contributed by atoms with E-state index in [4.69, 9.17) is 25.1 Å². The number of hydrogen-bond acceptors (Lipinski definition) is 10. The molecule has 7 rings (SSSR count). The number of ether oxygens (including phenoxy) is 3. The molecule has 0 unspecified atom stereocenters. The average Bonchev–Trinajstić information content (AvgIpc) is 3.58. The number of nitrogens with two attached hydrogens (primary N) is 1. The predicted molar refractivity (Wildman–Crippen MR) is 175 cm³/mol. The van der Waals surface area contributed by atoms with E-state index in [0.29, 0.717) is 41.6 Å². The molecule has 50 heavy (non-hydrogen) atoms. The number of aliphatic hydroxyl groups excluding tert-OH is 2. The third kappa shape index (κ3) is 4.83. The summed E-state index contributed by atoms with van der Waals surface area (Å²) in [6.07, 6.45) is 2.01. The first kappa shape index (κ1) is 34.2. The lowest BCUT2D eigenvalue weighted by Gasteiger charge is -2.62. The number of esters is 1. The first-order chi connectivity index (χ1) is 23.7. The summed E-state index contributed by atoms with van der Waals surface area (Å²) in [6.45, 7) is 2.39. The van der Waals surface area contributed by atoms with Gasteiger partial charge in [-0.2, -0.15) is 0 Å². The number of Topliss-reactive ketones (excluding diaryl/α,β-unsaturated/α-hetero) is 1. The number of allylic oxidation sites excluding steroid dienone is 4. The van der Waals surface area contributed by atoms with Crippen molar-refractivity contribution in [1.29, 1.82) is 0 Å². The first-order valence-electron chi connectivity index (χ1n) is 16.8. The molecule has 5 N–H and O–H groups in total. The van der Waals surface area contributed by atoms with Gasteiger partial charge < -0.3 is 35.3 Å². The number of carbonyl (C=O) groups is 4. The molecule has 5 aliphatic rings. The lowest BCUT2D eigenvalue weighted by molar-refractivity contribution is -0.231. The van der Waals surface area contributed by atoms with E-state index in [2.05, 4.69) is 0 Å². The minimum atomic E-state index is -2.16. The number of hydrogen-bond donors (Lipinski definition) is 4. The molecular formula is C38H40FNO10. The standard InChI is InChI=1S/C38H40FNO10/c1-35-11-10-25(42)15-24(35)8-9-26-27-16-31-38(30(44)19-48-33(47)32(45)46,36(27,2)17-29(43)37(26,35)39)50-34(49-31)22-5-3-4-20(13-22)12-21-6-7-23(18-41)28(40)14-21/h3-7,10-11,13-15,26-27,29,31,34,41,43H,8-9,12,16-19,40H2,1-2H3,(H,45,46)/t26-,27-,29-,31+,34+,35-,36-,37-,38+/m0/s1. The van der Waals surface area contributed by atoms with Gasteiger partial charge in [-0.25, -0.2) is 14.0 Å². The highest BCUT2D eigenvalue weighted by Crippen LogP contribution is 2.72. The highest BCUT2D eigenvalue weighted by atomic mass is 19.1. The number of benzene rings is 2. The number of fused-ring (bicyclic) bond motifs is 7. The fourth-order valence-corrected chi connectivity index (χ4v) is 9.89. The van der Waals surface area contributed by atoms with Crippen LogP contribution in [0.2, 0.25) is 0 Å². The second-order valence-corrected chi connectivity index (χ2v) is 14.7. The zero-order valence-electron chi connectivity index (χ0n) is 27.8. The molecule has 4 aliphatic carbocycles. The number of rotatable bonds is 7. The third-order valence-electron chi connectivity index (χ3n) is 12.3. The summed E-state index contributed by atoms with van der Waals surface area (Å²) >= 11 is 0. The Morgan fingerprint density at radius 3 is 2.58 bits per heavy atom. The molecule has 0 bridgehead atoms. The Hall–Kier alpha value is -4.23. The van der Waals surface area contributed by atoms with Crippen molar-refractivity contribution in [3.63, 3.8) is 0 Å². The molecule has 0 radical (unpaired) electrons. The molecule has 0 spiro atoms. The van der Waals surface area contributed by atoms with Crippen LogP contribution in [0.4, 0.5) is 10.1 Å². The summed E-state index contributed by atoms with van der Waals surface area (Å²) in [6, 6.07) is 12.8. The van der Waals surface area contributed by atoms with E-state index >= 15 is 4.39 Å². The fraction of sp³-hybridized carbons (Fsp3) is 0.474. The SMILES string of the molecule is C[C@]12C=CC(=O)C=C1CC[C@H]1[C@@H]3C[C@H]4O[C@@H](c5cccc(Cc6ccc(CO)c(N)c6)c5)O[C@@]4(C(=O)COC(=O)C(=O)O)[C@@]3(C)C[C@H](O)[C@@]12F. The Labute approximate surface area is 287 Å². The number of aliphatic hydroxyl groups is 2. The smallest absolute Gasteiger partial charge is 0.417 e. The van der Waals surface area contributed by atoms with E-state index < -0.39 is 76.8 Å². The van der Waals surface area contributed by atoms with Crippen LogP contribution in [0.15, 0.2) is 66.3 Å². The second kappa shape index (κ2) is 11.9. The van der Waals surface area contributed by atoms with E-state index in [1.54, 1.807) is 38.1 Å². The Balaban J connectivity index is 1.23. The third-order valence-corrected chi connectivity index (χ3v) is 12.3. The number of carbonyl (C=O) groups excluding carboxylic acids is 3. The van der Waals surface area contributed by atoms with Crippen LogP contribution >= 0.6 is 0 Å². The summed E-state index contributed by atoms with van der Waals surface area (Å²) in [5.74, 6) is -5.69. The van der Waals surface area contributed by atoms with Crippen molar-refractivity contribution in [3.05, 3.63) is 88.5 Å². The molecule has 4 fully saturated rings. The van der Waals surface area contributed by atoms with E-state index in [1.165, 1.54) is 12.2 Å². The van der Waals surface area contributed by atoms with Crippen molar-refractivity contribution in [2.45, 2.75) is 82.3 Å². The lowest BCUT2D eigenvalue weighted by atomic mass is 9.44. The molecule has 12 heteroatoms. The zero-order valence-corrected chi connectivity index (χ0v) is 27.8. The van der Waals surface area contributed by atoms with E-state index in [-0.39, 0.29) is 25.2 Å². The Kier molecular flexibility index (Phi) is 8.17. The van der Waals surface area contributed by atoms with Crippen molar-refractivity contribution in [2.24, 2.45) is 22.7 Å². The van der Waals surface area contributed by atoms with Gasteiger partial charge in [0.2, 0.25) is 5.78 Å². The Bertz CT molecular complexity index is 1860. The highest BCUT2D eigenvalue weighted by Gasteiger charge is 2.79. The fourth-order valence-electron chi connectivity index (χ4n) is 9.89. The van der Waals surface area contributed by atoms with Gasteiger partial charge in [0.1, 0.15) is 0 Å². The number of nitrogen functional groups attached to an aromatic ring is 1. The largest absolute Gasteiger partial charge is 0.473 e. The monoisotopic (exact) mass is 689 g/mol. The van der Waals surface area contributed by atoms with Gasteiger partial charge in [0.25, 0.3) is 0 Å². The maximum absolute atomic E-state index is 17.8. The molecule has 2 aromatic rings. The normalized spacial score (nSPS) is 36.9. The quantitative estimate of drug-likeness (QED) is 0.189. The van der Waals surface area contributed by atoms with Crippen LogP contribution in [-0.4, -0.2) is 68.9 Å². The van der Waals surface area contributed by atoms with E-state index in [1.807, 2.05) is 24.3 Å². The van der Waals surface area contributed by atoms with Crippen molar-refractivity contribution < 1.29 is 53.1 Å². The van der Waals surface area contributed by atoms with Crippen LogP contribution in [0.25, 0.3) is 0 Å². The molecular weight excluding hydrogens is 649 g/mol. The van der Waals surface area contributed by atoms with Crippen molar-refractivity contribution in [3.8, 4) is 0 Å². The van der Waals surface area contributed by atoms with Gasteiger partial charge in [0.15, 0.2) is 29.9 Å². The summed E-state index contributed by atoms with van der Waals surface area (Å²) in [4.78, 5) is 49.7. The molecule has 1 saturated heterocycles. The van der Waals surface area contributed by atoms with Gasteiger partial charge >= 0.3 is 11.9 Å². The highest BCUT2D eigenvalue weighted by molar-refractivity contribution is 6.28. The van der Waals surface area contributed by atoms with Crippen LogP contribution in [0, 0.1) is 22.7 Å². The molecule has 3 saturated carbocycles. The minimum absolute atomic E-state index is 0.172. The second-order valence-electron chi connectivity index (χ2n) is 14.7. The van der Waals surface area contributed by atoms with E-state index in [0.717, 1.165) is 11.1 Å². The minimum Gasteiger partial charge on any atom is -0.473 e. The number of carboxylic acids is 1.